The number of allylic oxidation sites excluding steroid dienone is 1. The first kappa shape index (κ1) is 53.1. The van der Waals surface area contributed by atoms with E-state index >= 15 is 0 Å². The Kier molecular flexibility index (Phi) is 12.2. The van der Waals surface area contributed by atoms with Gasteiger partial charge in [0, 0.05) is 0 Å². The largest absolute Gasteiger partial charge is 0.460 e. The highest BCUT2D eigenvalue weighted by molar-refractivity contribution is 5.23. The molecule has 0 atom stereocenters. The van der Waals surface area contributed by atoms with Crippen molar-refractivity contribution in [2.75, 3.05) is 0 Å². The van der Waals surface area contributed by atoms with Gasteiger partial charge in [-0.1, -0.05) is 0 Å². The molecule has 0 rings (SSSR count). The lowest BCUT2D eigenvalue weighted by Gasteiger charge is -2.47. The van der Waals surface area contributed by atoms with Gasteiger partial charge < -0.3 is 0 Å². The lowest BCUT2D eigenvalue weighted by Crippen LogP contribution is -2.80. The molecule has 0 radical (unpaired) electrons. The van der Waals surface area contributed by atoms with E-state index in [-0.39, 0.29) is 0 Å². The summed E-state index contributed by atoms with van der Waals surface area (Å²) in [6, 6.07) is 0. The van der Waals surface area contributed by atoms with Gasteiger partial charge >= 0.3 is 101 Å². The van der Waals surface area contributed by atoms with Crippen LogP contribution in [0.25, 0.3) is 0 Å². The fourth-order valence-electron chi connectivity index (χ4n) is 3.16. The molecule has 0 spiro atoms. The van der Waals surface area contributed by atoms with E-state index in [2.05, 4.69) is 0 Å². The third-order valence-electron chi connectivity index (χ3n) is 6.67. The summed E-state index contributed by atoms with van der Waals surface area (Å²) in [4.78, 5) is 0. The van der Waals surface area contributed by atoms with Crippen molar-refractivity contribution in [3.8, 4) is 0 Å². The van der Waals surface area contributed by atoms with Crippen molar-refractivity contribution in [2.24, 2.45) is 0 Å². The quantitative estimate of drug-likeness (QED) is 0.135. The van der Waals surface area contributed by atoms with E-state index in [0.29, 0.717) is 0 Å². The van der Waals surface area contributed by atoms with Gasteiger partial charge in [-0.2, -0.15) is 154 Å². The third-order valence-corrected chi connectivity index (χ3v) is 6.67. The van der Waals surface area contributed by atoms with Gasteiger partial charge in [-0.15, -0.1) is 0 Å². The minimum Gasteiger partial charge on any atom is -0.212 e. The van der Waals surface area contributed by atoms with E-state index in [9.17, 15) is 162 Å². The molecule has 0 bridgehead atoms. The molecular weight excluding hydrogens is 931 g/mol. The van der Waals surface area contributed by atoms with Gasteiger partial charge in [0.15, 0.2) is 0 Å². The number of rotatable bonds is 16. The molecule has 0 amide bonds. The highest BCUT2D eigenvalue weighted by Gasteiger charge is 3.02. The van der Waals surface area contributed by atoms with Crippen LogP contribution in [-0.2, 0) is 0 Å². The summed E-state index contributed by atoms with van der Waals surface area (Å²) in [6.45, 7) is 0. The fraction of sp³-hybridized carbons (Fsp3) is 0.895. The Morgan fingerprint density at radius 2 is 0.339 bits per heavy atom. The van der Waals surface area contributed by atoms with Crippen molar-refractivity contribution in [3.05, 3.63) is 12.2 Å². The van der Waals surface area contributed by atoms with Crippen LogP contribution in [0, 0.1) is 0 Å². The second-order valence-corrected chi connectivity index (χ2v) is 10.1. The standard InChI is InChI=1S/C19HF37/c20-1-2(21)3(22,23)4(24,25)5(26,27)6(28,29)7(30,31)8(32,33)9(34,35)10(36,37)11(38,39)12(40,41)13(42,43)14(44,45)15(46,47)16(48,49)17(50,51)18(52,53)19(54,55)56/h1H. The van der Waals surface area contributed by atoms with Gasteiger partial charge in [-0.25, -0.2) is 8.78 Å². The Bertz CT molecular complexity index is 1460. The van der Waals surface area contributed by atoms with Gasteiger partial charge in [0.25, 0.3) is 0 Å². The number of alkyl halides is 35. The predicted molar refractivity (Wildman–Crippen MR) is 95.5 cm³/mol. The zero-order valence-corrected chi connectivity index (χ0v) is 23.6. The molecule has 0 aliphatic carbocycles. The van der Waals surface area contributed by atoms with E-state index in [1.807, 2.05) is 0 Å². The second kappa shape index (κ2) is 12.8. The zero-order valence-electron chi connectivity index (χ0n) is 23.6. The highest BCUT2D eigenvalue weighted by Crippen LogP contribution is 2.70. The molecular formula is C19HF37. The molecule has 0 aromatic rings. The Hall–Kier alpha value is -2.85. The van der Waals surface area contributed by atoms with E-state index in [4.69, 9.17) is 0 Å². The van der Waals surface area contributed by atoms with Crippen molar-refractivity contribution < 1.29 is 162 Å². The second-order valence-electron chi connectivity index (χ2n) is 10.1. The molecule has 336 valence electrons. The van der Waals surface area contributed by atoms with Crippen LogP contribution in [0.2, 0.25) is 0 Å². The van der Waals surface area contributed by atoms with E-state index in [1.54, 1.807) is 0 Å². The zero-order chi connectivity index (χ0) is 46.8. The predicted octanol–water partition coefficient (Wildman–Crippen LogP) is 12.5. The van der Waals surface area contributed by atoms with Crippen LogP contribution in [0.5, 0.6) is 0 Å². The van der Waals surface area contributed by atoms with Gasteiger partial charge in [0.05, 0.1) is 0 Å². The van der Waals surface area contributed by atoms with E-state index in [0.717, 1.165) is 0 Å². The molecule has 0 aliphatic heterocycles. The first-order valence-electron chi connectivity index (χ1n) is 11.6. The lowest BCUT2D eigenvalue weighted by molar-refractivity contribution is -0.492. The normalized spacial score (nSPS) is 17.5. The molecule has 37 heteroatoms. The molecule has 0 heterocycles. The van der Waals surface area contributed by atoms with Gasteiger partial charge in [-0.3, -0.25) is 0 Å². The molecule has 0 aromatic carbocycles. The van der Waals surface area contributed by atoms with E-state index < -0.39 is 113 Å². The average Bonchev–Trinajstić information content (AvgIpc) is 2.98. The summed E-state index contributed by atoms with van der Waals surface area (Å²) >= 11 is 0. The molecule has 0 aromatic heterocycles. The van der Waals surface area contributed by atoms with Crippen LogP contribution in [0.15, 0.2) is 12.2 Å². The van der Waals surface area contributed by atoms with Gasteiger partial charge in [-0.05, 0) is 0 Å². The SMILES string of the molecule is FC=C(F)C(F)(F)C(F)(F)C(F)(F)C(F)(F)C(F)(F)C(F)(F)C(F)(F)C(F)(F)C(F)(F)C(F)(F)C(F)(F)C(F)(F)C(F)(F)C(F)(F)C(F)(F)C(F)(F)C(F)(F)F. The molecule has 0 fully saturated rings. The van der Waals surface area contributed by atoms with Gasteiger partial charge in [0.2, 0.25) is 5.83 Å². The van der Waals surface area contributed by atoms with Crippen molar-refractivity contribution in [3.63, 3.8) is 0 Å². The van der Waals surface area contributed by atoms with Crippen LogP contribution in [0.1, 0.15) is 0 Å². The van der Waals surface area contributed by atoms with Crippen molar-refractivity contribution >= 4 is 0 Å². The number of hydrogen-bond donors (Lipinski definition) is 0. The Balaban J connectivity index is 7.85. The summed E-state index contributed by atoms with van der Waals surface area (Å²) in [6.07, 6.45) is -11.1. The summed E-state index contributed by atoms with van der Waals surface area (Å²) in [5.74, 6) is -162. The molecule has 0 unspecified atom stereocenters. The molecule has 0 saturated heterocycles. The summed E-state index contributed by atoms with van der Waals surface area (Å²) < 4.78 is 494. The van der Waals surface area contributed by atoms with Crippen LogP contribution >= 0.6 is 0 Å². The third kappa shape index (κ3) is 5.78. The Morgan fingerprint density at radius 1 is 0.214 bits per heavy atom. The van der Waals surface area contributed by atoms with Gasteiger partial charge in [0.1, 0.15) is 6.33 Å². The smallest absolute Gasteiger partial charge is 0.212 e. The minimum absolute atomic E-state index is 2.66. The van der Waals surface area contributed by atoms with Crippen molar-refractivity contribution in [1.29, 1.82) is 0 Å². The first-order chi connectivity index (χ1) is 23.5. The fourth-order valence-corrected chi connectivity index (χ4v) is 3.16. The van der Waals surface area contributed by atoms with Crippen LogP contribution in [0.4, 0.5) is 162 Å². The lowest BCUT2D eigenvalue weighted by atomic mass is 9.82. The van der Waals surface area contributed by atoms with E-state index in [1.165, 1.54) is 0 Å². The number of halogens is 37. The van der Waals surface area contributed by atoms with Crippen LogP contribution < -0.4 is 0 Å². The maximum Gasteiger partial charge on any atom is 0.460 e. The summed E-state index contributed by atoms with van der Waals surface area (Å²) in [7, 11) is 0. The molecule has 0 aliphatic rings. The maximum absolute atomic E-state index is 13.8. The first-order valence-corrected chi connectivity index (χ1v) is 11.6. The van der Waals surface area contributed by atoms with Crippen LogP contribution in [-0.4, -0.2) is 101 Å². The summed E-state index contributed by atoms with van der Waals surface area (Å²) in [5.41, 5.74) is 0. The minimum atomic E-state index is -10.4. The van der Waals surface area contributed by atoms with Crippen LogP contribution in [0.3, 0.4) is 0 Å². The monoisotopic (exact) mass is 932 g/mol. The topological polar surface area (TPSA) is 0 Å². The van der Waals surface area contributed by atoms with Crippen molar-refractivity contribution in [1.82, 2.24) is 0 Å². The maximum atomic E-state index is 13.8. The Labute approximate surface area is 277 Å². The molecule has 0 nitrogen and oxygen atoms in total. The summed E-state index contributed by atoms with van der Waals surface area (Å²) in [5, 5.41) is 0. The molecule has 0 saturated carbocycles. The van der Waals surface area contributed by atoms with Crippen molar-refractivity contribution in [2.45, 2.75) is 101 Å². The highest BCUT2D eigenvalue weighted by atomic mass is 19.4. The average molecular weight is 932 g/mol. The Morgan fingerprint density at radius 3 is 0.464 bits per heavy atom. The molecule has 56 heavy (non-hydrogen) atoms. The number of hydrogen-bond acceptors (Lipinski definition) is 0. The molecule has 0 N–H and O–H groups in total.